The third-order valence-electron chi connectivity index (χ3n) is 4.79. The number of carbonyl (C=O) groups is 2. The highest BCUT2D eigenvalue weighted by Crippen LogP contribution is 2.59. The number of nitrogens with two attached hydrogens (primary N) is 1. The van der Waals surface area contributed by atoms with E-state index < -0.39 is 5.41 Å². The molecule has 2 N–H and O–H groups in total. The summed E-state index contributed by atoms with van der Waals surface area (Å²) in [6.45, 7) is 1.72. The van der Waals surface area contributed by atoms with Crippen molar-refractivity contribution < 1.29 is 14.3 Å². The summed E-state index contributed by atoms with van der Waals surface area (Å²) in [4.78, 5) is 26.5. The number of nitrogen functional groups attached to an aromatic ring is 1. The molecule has 0 aromatic heterocycles. The van der Waals surface area contributed by atoms with Crippen molar-refractivity contribution in [3.63, 3.8) is 0 Å². The van der Waals surface area contributed by atoms with Crippen molar-refractivity contribution in [3.05, 3.63) is 48.0 Å². The van der Waals surface area contributed by atoms with Crippen LogP contribution in [0.4, 0.5) is 17.1 Å². The Hall–Kier alpha value is -2.82. The quantitative estimate of drug-likeness (QED) is 0.534. The third kappa shape index (κ3) is 1.94. The molecule has 0 atom stereocenters. The number of benzene rings is 2. The van der Waals surface area contributed by atoms with Gasteiger partial charge in [-0.1, -0.05) is 31.2 Å². The molecule has 1 saturated carbocycles. The van der Waals surface area contributed by atoms with Crippen molar-refractivity contribution in [3.8, 4) is 5.75 Å². The van der Waals surface area contributed by atoms with Gasteiger partial charge in [0.15, 0.2) is 5.75 Å². The van der Waals surface area contributed by atoms with Crippen LogP contribution in [0.2, 0.25) is 0 Å². The molecular weight excluding hydrogens is 304 g/mol. The lowest BCUT2D eigenvalue weighted by molar-refractivity contribution is -0.134. The maximum absolute atomic E-state index is 13.1. The Kier molecular flexibility index (Phi) is 3.13. The molecule has 2 aromatic rings. The van der Waals surface area contributed by atoms with Crippen LogP contribution >= 0.6 is 0 Å². The van der Waals surface area contributed by atoms with E-state index in [4.69, 9.17) is 10.5 Å². The Labute approximate surface area is 140 Å². The van der Waals surface area contributed by atoms with Crippen LogP contribution in [0.25, 0.3) is 0 Å². The molecule has 1 aliphatic heterocycles. The summed E-state index contributed by atoms with van der Waals surface area (Å²) in [5, 5.41) is 0. The monoisotopic (exact) mass is 322 g/mol. The number of fused-ring (bicyclic) bond motifs is 2. The zero-order chi connectivity index (χ0) is 16.9. The second kappa shape index (κ2) is 5.09. The Balaban J connectivity index is 1.87. The molecule has 1 aliphatic carbocycles. The summed E-state index contributed by atoms with van der Waals surface area (Å²) in [6.07, 6.45) is 1.94. The lowest BCUT2D eigenvalue weighted by atomic mass is 9.98. The van der Waals surface area contributed by atoms with E-state index in [1.807, 2.05) is 24.3 Å². The van der Waals surface area contributed by atoms with Crippen LogP contribution in [0, 0.1) is 0 Å². The van der Waals surface area contributed by atoms with Gasteiger partial charge in [-0.25, -0.2) is 0 Å². The van der Waals surface area contributed by atoms with Crippen molar-refractivity contribution in [1.29, 1.82) is 0 Å². The van der Waals surface area contributed by atoms with Crippen LogP contribution < -0.4 is 15.4 Å². The number of esters is 1. The summed E-state index contributed by atoms with van der Waals surface area (Å²) < 4.78 is 5.43. The van der Waals surface area contributed by atoms with Crippen molar-refractivity contribution in [2.45, 2.75) is 31.6 Å². The predicted octanol–water partition coefficient (Wildman–Crippen LogP) is 3.29. The average molecular weight is 322 g/mol. The van der Waals surface area contributed by atoms with Gasteiger partial charge < -0.3 is 10.5 Å². The molecule has 5 nitrogen and oxygen atoms in total. The zero-order valence-electron chi connectivity index (χ0n) is 13.4. The van der Waals surface area contributed by atoms with Gasteiger partial charge in [-0.2, -0.15) is 0 Å². The summed E-state index contributed by atoms with van der Waals surface area (Å²) in [6, 6.07) is 13.0. The minimum atomic E-state index is -0.409. The number of hydrogen-bond acceptors (Lipinski definition) is 4. The van der Waals surface area contributed by atoms with Gasteiger partial charge >= 0.3 is 5.97 Å². The fraction of sp³-hybridized carbons (Fsp3) is 0.263. The molecule has 2 aliphatic rings. The van der Waals surface area contributed by atoms with Crippen LogP contribution in [0.1, 0.15) is 31.7 Å². The zero-order valence-corrected chi connectivity index (χ0v) is 13.4. The number of anilines is 3. The van der Waals surface area contributed by atoms with E-state index in [1.165, 1.54) is 0 Å². The minimum Gasteiger partial charge on any atom is -0.422 e. The lowest BCUT2D eigenvalue weighted by Gasteiger charge is -2.22. The van der Waals surface area contributed by atoms with E-state index >= 15 is 0 Å². The van der Waals surface area contributed by atoms with Crippen molar-refractivity contribution in [2.24, 2.45) is 0 Å². The van der Waals surface area contributed by atoms with Gasteiger partial charge in [0.1, 0.15) is 0 Å². The fourth-order valence-electron chi connectivity index (χ4n) is 3.37. The van der Waals surface area contributed by atoms with E-state index in [2.05, 4.69) is 0 Å². The summed E-state index contributed by atoms with van der Waals surface area (Å²) in [5.41, 5.74) is 8.38. The number of carbonyl (C=O) groups excluding carboxylic acids is 2. The number of para-hydroxylation sites is 2. The second-order valence-corrected chi connectivity index (χ2v) is 6.26. The maximum Gasteiger partial charge on any atom is 0.311 e. The molecule has 5 heteroatoms. The van der Waals surface area contributed by atoms with Crippen LogP contribution in [-0.4, -0.2) is 11.9 Å². The van der Waals surface area contributed by atoms with Gasteiger partial charge in [-0.3, -0.25) is 14.5 Å². The highest BCUT2D eigenvalue weighted by atomic mass is 16.5. The first-order chi connectivity index (χ1) is 11.6. The lowest BCUT2D eigenvalue weighted by Crippen LogP contribution is -2.28. The summed E-state index contributed by atoms with van der Waals surface area (Å²) >= 11 is 0. The van der Waals surface area contributed by atoms with E-state index in [0.29, 0.717) is 11.4 Å². The molecule has 1 fully saturated rings. The molecule has 1 heterocycles. The summed E-state index contributed by atoms with van der Waals surface area (Å²) in [7, 11) is 0. The fourth-order valence-corrected chi connectivity index (χ4v) is 3.37. The maximum atomic E-state index is 13.1. The first-order valence-electron chi connectivity index (χ1n) is 8.12. The van der Waals surface area contributed by atoms with Gasteiger partial charge in [0.25, 0.3) is 0 Å². The first kappa shape index (κ1) is 14.8. The Morgan fingerprint density at radius 1 is 1.17 bits per heavy atom. The molecule has 0 unspecified atom stereocenters. The predicted molar refractivity (Wildman–Crippen MR) is 91.3 cm³/mol. The molecule has 0 bridgehead atoms. The number of rotatable bonds is 3. The van der Waals surface area contributed by atoms with Gasteiger partial charge in [-0.15, -0.1) is 0 Å². The van der Waals surface area contributed by atoms with Gasteiger partial charge in [0, 0.05) is 6.42 Å². The normalized spacial score (nSPS) is 17.0. The summed E-state index contributed by atoms with van der Waals surface area (Å²) in [5.74, 6) is -0.0940. The highest BCUT2D eigenvalue weighted by Gasteiger charge is 2.59. The van der Waals surface area contributed by atoms with E-state index in [1.54, 1.807) is 30.0 Å². The Bertz CT molecular complexity index is 855. The topological polar surface area (TPSA) is 72.6 Å². The molecule has 4 rings (SSSR count). The van der Waals surface area contributed by atoms with E-state index in [9.17, 15) is 9.59 Å². The van der Waals surface area contributed by atoms with Gasteiger partial charge in [0.2, 0.25) is 5.91 Å². The smallest absolute Gasteiger partial charge is 0.311 e. The van der Waals surface area contributed by atoms with Crippen LogP contribution in [0.5, 0.6) is 5.75 Å². The SMILES string of the molecule is CCC(=O)Oc1c(N)cccc1N1C(=O)C2(CC2)c2ccccc21. The van der Waals surface area contributed by atoms with Crippen LogP contribution in [-0.2, 0) is 15.0 Å². The van der Waals surface area contributed by atoms with Crippen molar-refractivity contribution in [2.75, 3.05) is 10.6 Å². The van der Waals surface area contributed by atoms with E-state index in [-0.39, 0.29) is 24.0 Å². The largest absolute Gasteiger partial charge is 0.422 e. The second-order valence-electron chi connectivity index (χ2n) is 6.26. The standard InChI is InChI=1S/C19H18N2O3/c1-2-16(22)24-17-13(20)7-5-9-15(17)21-14-8-4-3-6-12(14)19(10-11-19)18(21)23/h3-9H,2,10-11,20H2,1H3. The Morgan fingerprint density at radius 3 is 2.58 bits per heavy atom. The molecule has 1 amide bonds. The molecule has 1 spiro atoms. The van der Waals surface area contributed by atoms with Crippen molar-refractivity contribution in [1.82, 2.24) is 0 Å². The first-order valence-corrected chi connectivity index (χ1v) is 8.12. The number of ether oxygens (including phenoxy) is 1. The van der Waals surface area contributed by atoms with Gasteiger partial charge in [-0.05, 0) is 36.6 Å². The number of hydrogen-bond donors (Lipinski definition) is 1. The number of nitrogens with zero attached hydrogens (tertiary/aromatic N) is 1. The Morgan fingerprint density at radius 2 is 1.88 bits per heavy atom. The molecule has 2 aromatic carbocycles. The van der Waals surface area contributed by atoms with Crippen LogP contribution in [0.3, 0.4) is 0 Å². The number of amides is 1. The minimum absolute atomic E-state index is 0.0306. The van der Waals surface area contributed by atoms with E-state index in [0.717, 1.165) is 24.1 Å². The van der Waals surface area contributed by atoms with Gasteiger partial charge in [0.05, 0.1) is 22.5 Å². The molecule has 122 valence electrons. The molecular formula is C19H18N2O3. The molecule has 0 radical (unpaired) electrons. The third-order valence-corrected chi connectivity index (χ3v) is 4.79. The van der Waals surface area contributed by atoms with Crippen LogP contribution in [0.15, 0.2) is 42.5 Å². The average Bonchev–Trinajstić information content (AvgIpc) is 3.35. The highest BCUT2D eigenvalue weighted by molar-refractivity contribution is 6.15. The van der Waals surface area contributed by atoms with Crippen molar-refractivity contribution >= 4 is 28.9 Å². The molecule has 0 saturated heterocycles. The molecule has 24 heavy (non-hydrogen) atoms.